The van der Waals surface area contributed by atoms with Gasteiger partial charge in [0.05, 0.1) is 5.56 Å². The van der Waals surface area contributed by atoms with Gasteiger partial charge in [0.2, 0.25) is 0 Å². The third-order valence-corrected chi connectivity index (χ3v) is 1.42. The van der Waals surface area contributed by atoms with E-state index in [-0.39, 0.29) is 12.4 Å². The molecule has 62 valence electrons. The molecular weight excluding hydrogens is 155 g/mol. The molecule has 1 N–H and O–H groups in total. The summed E-state index contributed by atoms with van der Waals surface area (Å²) in [6.07, 6.45) is 0. The van der Waals surface area contributed by atoms with Crippen molar-refractivity contribution in [3.63, 3.8) is 0 Å². The summed E-state index contributed by atoms with van der Waals surface area (Å²) in [5, 5.41) is 8.39. The second kappa shape index (κ2) is 3.89. The minimum atomic E-state index is -0.346. The number of aryl methyl sites for hydroxylation is 1. The Balaban J connectivity index is 3.05. The van der Waals surface area contributed by atoms with E-state index in [0.29, 0.717) is 5.56 Å². The number of aliphatic hydroxyl groups is 1. The molecule has 0 saturated heterocycles. The lowest BCUT2D eigenvalue weighted by molar-refractivity contribution is 0.350. The molecule has 0 aliphatic carbocycles. The Morgan fingerprint density at radius 1 is 1.50 bits per heavy atom. The Morgan fingerprint density at radius 2 is 2.25 bits per heavy atom. The highest BCUT2D eigenvalue weighted by Gasteiger charge is 1.96. The van der Waals surface area contributed by atoms with Crippen molar-refractivity contribution in [2.45, 2.75) is 6.92 Å². The topological polar surface area (TPSA) is 20.2 Å². The number of rotatable bonds is 0. The summed E-state index contributed by atoms with van der Waals surface area (Å²) in [4.78, 5) is 0. The molecule has 0 aliphatic rings. The van der Waals surface area contributed by atoms with Crippen molar-refractivity contribution in [2.24, 2.45) is 0 Å². The maximum absolute atomic E-state index is 12.9. The molecule has 0 heterocycles. The SMILES string of the molecule is Cc1ccc(F)c(C#CCO)c1. The van der Waals surface area contributed by atoms with Crippen LogP contribution in [0.1, 0.15) is 11.1 Å². The van der Waals surface area contributed by atoms with Gasteiger partial charge in [-0.3, -0.25) is 0 Å². The van der Waals surface area contributed by atoms with Crippen molar-refractivity contribution in [1.29, 1.82) is 0 Å². The number of aliphatic hydroxyl groups excluding tert-OH is 1. The molecule has 0 fully saturated rings. The summed E-state index contributed by atoms with van der Waals surface area (Å²) < 4.78 is 12.9. The minimum Gasteiger partial charge on any atom is -0.384 e. The lowest BCUT2D eigenvalue weighted by Crippen LogP contribution is -1.85. The first-order chi connectivity index (χ1) is 5.74. The van der Waals surface area contributed by atoms with Crippen LogP contribution in [0.4, 0.5) is 4.39 Å². The van der Waals surface area contributed by atoms with Gasteiger partial charge in [0.1, 0.15) is 12.4 Å². The van der Waals surface area contributed by atoms with Crippen LogP contribution in [0.15, 0.2) is 18.2 Å². The van der Waals surface area contributed by atoms with Crippen molar-refractivity contribution >= 4 is 0 Å². The molecule has 1 nitrogen and oxygen atoms in total. The van der Waals surface area contributed by atoms with Crippen LogP contribution in [0.25, 0.3) is 0 Å². The van der Waals surface area contributed by atoms with E-state index >= 15 is 0 Å². The maximum atomic E-state index is 12.9. The fraction of sp³-hybridized carbons (Fsp3) is 0.200. The third-order valence-electron chi connectivity index (χ3n) is 1.42. The third kappa shape index (κ3) is 2.08. The van der Waals surface area contributed by atoms with E-state index < -0.39 is 0 Å². The first kappa shape index (κ1) is 8.76. The Hall–Kier alpha value is -1.33. The Labute approximate surface area is 70.9 Å². The number of halogens is 1. The Morgan fingerprint density at radius 3 is 2.92 bits per heavy atom. The number of benzene rings is 1. The lowest BCUT2D eigenvalue weighted by Gasteiger charge is -1.95. The van der Waals surface area contributed by atoms with Crippen LogP contribution >= 0.6 is 0 Å². The molecule has 0 unspecified atom stereocenters. The van der Waals surface area contributed by atoms with Crippen molar-refractivity contribution in [1.82, 2.24) is 0 Å². The average molecular weight is 164 g/mol. The van der Waals surface area contributed by atoms with Gasteiger partial charge in [0, 0.05) is 0 Å². The molecule has 0 bridgehead atoms. The van der Waals surface area contributed by atoms with E-state index in [1.54, 1.807) is 12.1 Å². The van der Waals surface area contributed by atoms with Crippen LogP contribution in [0.3, 0.4) is 0 Å². The van der Waals surface area contributed by atoms with Crippen molar-refractivity contribution in [3.8, 4) is 11.8 Å². The molecule has 2 heteroatoms. The molecule has 0 spiro atoms. The smallest absolute Gasteiger partial charge is 0.138 e. The second-order valence-corrected chi connectivity index (χ2v) is 2.44. The highest BCUT2D eigenvalue weighted by Crippen LogP contribution is 2.07. The number of hydrogen-bond donors (Lipinski definition) is 1. The van der Waals surface area contributed by atoms with Crippen LogP contribution in [0, 0.1) is 24.6 Å². The summed E-state index contributed by atoms with van der Waals surface area (Å²) in [6.45, 7) is 1.62. The normalized spacial score (nSPS) is 8.92. The summed E-state index contributed by atoms with van der Waals surface area (Å²) in [6, 6.07) is 4.70. The summed E-state index contributed by atoms with van der Waals surface area (Å²) >= 11 is 0. The van der Waals surface area contributed by atoms with Gasteiger partial charge < -0.3 is 5.11 Å². The van der Waals surface area contributed by atoms with E-state index in [0.717, 1.165) is 5.56 Å². The molecule has 0 radical (unpaired) electrons. The quantitative estimate of drug-likeness (QED) is 0.576. The fourth-order valence-corrected chi connectivity index (χ4v) is 0.870. The average Bonchev–Trinajstić information content (AvgIpc) is 2.07. The van der Waals surface area contributed by atoms with E-state index in [1.807, 2.05) is 6.92 Å². The lowest BCUT2D eigenvalue weighted by atomic mass is 10.1. The second-order valence-electron chi connectivity index (χ2n) is 2.44. The summed E-state index contributed by atoms with van der Waals surface area (Å²) in [5.41, 5.74) is 1.29. The largest absolute Gasteiger partial charge is 0.384 e. The van der Waals surface area contributed by atoms with Gasteiger partial charge in [0.15, 0.2) is 0 Å². The van der Waals surface area contributed by atoms with Gasteiger partial charge >= 0.3 is 0 Å². The molecule has 0 aromatic heterocycles. The van der Waals surface area contributed by atoms with Crippen LogP contribution < -0.4 is 0 Å². The van der Waals surface area contributed by atoms with Gasteiger partial charge in [-0.15, -0.1) is 0 Å². The van der Waals surface area contributed by atoms with Crippen molar-refractivity contribution in [3.05, 3.63) is 35.1 Å². The van der Waals surface area contributed by atoms with Gasteiger partial charge in [-0.2, -0.15) is 0 Å². The van der Waals surface area contributed by atoms with Crippen LogP contribution in [-0.4, -0.2) is 11.7 Å². The van der Waals surface area contributed by atoms with Crippen molar-refractivity contribution < 1.29 is 9.50 Å². The minimum absolute atomic E-state index is 0.243. The zero-order valence-electron chi connectivity index (χ0n) is 6.76. The predicted octanol–water partition coefficient (Wildman–Crippen LogP) is 1.48. The van der Waals surface area contributed by atoms with Gasteiger partial charge in [-0.05, 0) is 24.6 Å². The molecule has 0 saturated carbocycles. The molecule has 1 aromatic carbocycles. The molecular formula is C10H9FO. The highest BCUT2D eigenvalue weighted by atomic mass is 19.1. The molecule has 0 atom stereocenters. The zero-order chi connectivity index (χ0) is 8.97. The first-order valence-electron chi connectivity index (χ1n) is 3.60. The predicted molar refractivity (Wildman–Crippen MR) is 45.1 cm³/mol. The van der Waals surface area contributed by atoms with E-state index in [1.165, 1.54) is 6.07 Å². The zero-order valence-corrected chi connectivity index (χ0v) is 6.76. The summed E-state index contributed by atoms with van der Waals surface area (Å²) in [5.74, 6) is 4.58. The van der Waals surface area contributed by atoms with Gasteiger partial charge in [-0.25, -0.2) is 4.39 Å². The molecule has 1 aromatic rings. The van der Waals surface area contributed by atoms with Gasteiger partial charge in [0.25, 0.3) is 0 Å². The Kier molecular flexibility index (Phi) is 2.84. The monoisotopic (exact) mass is 164 g/mol. The van der Waals surface area contributed by atoms with Crippen LogP contribution in [0.2, 0.25) is 0 Å². The van der Waals surface area contributed by atoms with E-state index in [9.17, 15) is 4.39 Å². The molecule has 0 amide bonds. The molecule has 1 rings (SSSR count). The highest BCUT2D eigenvalue weighted by molar-refractivity contribution is 5.38. The molecule has 0 aliphatic heterocycles. The Bertz CT molecular complexity index is 333. The van der Waals surface area contributed by atoms with Crippen LogP contribution in [0.5, 0.6) is 0 Å². The van der Waals surface area contributed by atoms with Crippen molar-refractivity contribution in [2.75, 3.05) is 6.61 Å². The van der Waals surface area contributed by atoms with E-state index in [4.69, 9.17) is 5.11 Å². The van der Waals surface area contributed by atoms with Gasteiger partial charge in [-0.1, -0.05) is 17.9 Å². The first-order valence-corrected chi connectivity index (χ1v) is 3.60. The molecule has 12 heavy (non-hydrogen) atoms. The van der Waals surface area contributed by atoms with Crippen LogP contribution in [-0.2, 0) is 0 Å². The summed E-state index contributed by atoms with van der Waals surface area (Å²) in [7, 11) is 0. The fourth-order valence-electron chi connectivity index (χ4n) is 0.870. The van der Waals surface area contributed by atoms with E-state index in [2.05, 4.69) is 11.8 Å². The standard InChI is InChI=1S/C10H9FO/c1-8-4-5-10(11)9(7-8)3-2-6-12/h4-5,7,12H,6H2,1H3. The number of hydrogen-bond acceptors (Lipinski definition) is 1. The maximum Gasteiger partial charge on any atom is 0.138 e.